The molecule has 0 fully saturated rings. The standard InChI is InChI=1S/C21H23N3O3/c1-2-3-4-8-14-19(25)22-21-24-23-20(27-21)16-10-9-13-18(15-16)26-17-11-6-5-7-12-17/h5-7,9-13,15H,2-4,8,14H2,1H3,(H,22,24,25). The molecule has 27 heavy (non-hydrogen) atoms. The van der Waals surface area contributed by atoms with Crippen LogP contribution in [-0.4, -0.2) is 16.1 Å². The predicted molar refractivity (Wildman–Crippen MR) is 104 cm³/mol. The van der Waals surface area contributed by atoms with Crippen LogP contribution in [-0.2, 0) is 4.79 Å². The smallest absolute Gasteiger partial charge is 0.322 e. The lowest BCUT2D eigenvalue weighted by Crippen LogP contribution is -2.11. The van der Waals surface area contributed by atoms with E-state index in [9.17, 15) is 4.79 Å². The van der Waals surface area contributed by atoms with Gasteiger partial charge >= 0.3 is 6.01 Å². The number of rotatable bonds is 9. The summed E-state index contributed by atoms with van der Waals surface area (Å²) in [6, 6.07) is 17.0. The zero-order valence-electron chi connectivity index (χ0n) is 15.4. The minimum absolute atomic E-state index is 0.109. The van der Waals surface area contributed by atoms with Crippen molar-refractivity contribution in [2.45, 2.75) is 39.0 Å². The molecule has 3 aromatic rings. The van der Waals surface area contributed by atoms with E-state index in [0.29, 0.717) is 18.1 Å². The fraction of sp³-hybridized carbons (Fsp3) is 0.286. The van der Waals surface area contributed by atoms with Crippen molar-refractivity contribution in [2.75, 3.05) is 5.32 Å². The number of nitrogens with one attached hydrogen (secondary N) is 1. The van der Waals surface area contributed by atoms with Crippen LogP contribution in [0, 0.1) is 0 Å². The van der Waals surface area contributed by atoms with Gasteiger partial charge < -0.3 is 9.15 Å². The third kappa shape index (κ3) is 5.67. The Bertz CT molecular complexity index is 862. The maximum Gasteiger partial charge on any atom is 0.322 e. The summed E-state index contributed by atoms with van der Waals surface area (Å²) in [5.41, 5.74) is 0.722. The molecule has 0 unspecified atom stereocenters. The summed E-state index contributed by atoms with van der Waals surface area (Å²) >= 11 is 0. The highest BCUT2D eigenvalue weighted by atomic mass is 16.5. The number of ether oxygens (including phenoxy) is 1. The van der Waals surface area contributed by atoms with Crippen LogP contribution in [0.1, 0.15) is 39.0 Å². The topological polar surface area (TPSA) is 77.2 Å². The molecule has 0 aliphatic carbocycles. The molecule has 6 nitrogen and oxygen atoms in total. The van der Waals surface area contributed by atoms with Crippen molar-refractivity contribution in [2.24, 2.45) is 0 Å². The van der Waals surface area contributed by atoms with Crippen LogP contribution in [0.15, 0.2) is 59.0 Å². The first-order valence-corrected chi connectivity index (χ1v) is 9.21. The van der Waals surface area contributed by atoms with Gasteiger partial charge in [0.15, 0.2) is 0 Å². The van der Waals surface area contributed by atoms with Crippen LogP contribution in [0.25, 0.3) is 11.5 Å². The second-order valence-corrected chi connectivity index (χ2v) is 6.21. The van der Waals surface area contributed by atoms with E-state index in [2.05, 4.69) is 22.4 Å². The van der Waals surface area contributed by atoms with Crippen molar-refractivity contribution in [3.63, 3.8) is 0 Å². The third-order valence-electron chi connectivity index (χ3n) is 3.99. The zero-order chi connectivity index (χ0) is 18.9. The number of para-hydroxylation sites is 1. The van der Waals surface area contributed by atoms with E-state index in [0.717, 1.165) is 37.0 Å². The number of hydrogen-bond donors (Lipinski definition) is 1. The lowest BCUT2D eigenvalue weighted by Gasteiger charge is -2.06. The lowest BCUT2D eigenvalue weighted by molar-refractivity contribution is -0.116. The molecule has 0 radical (unpaired) electrons. The number of hydrogen-bond acceptors (Lipinski definition) is 5. The number of benzene rings is 2. The van der Waals surface area contributed by atoms with E-state index >= 15 is 0 Å². The van der Waals surface area contributed by atoms with Gasteiger partial charge in [-0.25, -0.2) is 0 Å². The Morgan fingerprint density at radius 1 is 1.00 bits per heavy atom. The van der Waals surface area contributed by atoms with Crippen molar-refractivity contribution < 1.29 is 13.9 Å². The predicted octanol–water partition coefficient (Wildman–Crippen LogP) is 5.44. The number of nitrogens with zero attached hydrogens (tertiary/aromatic N) is 2. The molecule has 0 aliphatic heterocycles. The van der Waals surface area contributed by atoms with E-state index in [4.69, 9.17) is 9.15 Å². The summed E-state index contributed by atoms with van der Waals surface area (Å²) in [4.78, 5) is 11.9. The maximum atomic E-state index is 11.9. The molecule has 0 bridgehead atoms. The fourth-order valence-corrected chi connectivity index (χ4v) is 2.60. The van der Waals surface area contributed by atoms with Crippen LogP contribution >= 0.6 is 0 Å². The van der Waals surface area contributed by atoms with Crippen LogP contribution < -0.4 is 10.1 Å². The molecule has 0 aliphatic rings. The Hall–Kier alpha value is -3.15. The van der Waals surface area contributed by atoms with Gasteiger partial charge in [0, 0.05) is 12.0 Å². The average Bonchev–Trinajstić information content (AvgIpc) is 3.15. The monoisotopic (exact) mass is 365 g/mol. The van der Waals surface area contributed by atoms with Crippen molar-refractivity contribution in [1.29, 1.82) is 0 Å². The van der Waals surface area contributed by atoms with Gasteiger partial charge in [-0.2, -0.15) is 0 Å². The Morgan fingerprint density at radius 3 is 2.63 bits per heavy atom. The second-order valence-electron chi connectivity index (χ2n) is 6.21. The minimum atomic E-state index is -0.109. The van der Waals surface area contributed by atoms with E-state index in [1.54, 1.807) is 0 Å². The Balaban J connectivity index is 1.61. The van der Waals surface area contributed by atoms with Crippen LogP contribution in [0.2, 0.25) is 0 Å². The van der Waals surface area contributed by atoms with Crippen molar-refractivity contribution >= 4 is 11.9 Å². The highest BCUT2D eigenvalue weighted by molar-refractivity contribution is 5.88. The normalized spacial score (nSPS) is 10.6. The molecule has 1 heterocycles. The quantitative estimate of drug-likeness (QED) is 0.511. The van der Waals surface area contributed by atoms with Gasteiger partial charge in [-0.1, -0.05) is 55.6 Å². The van der Waals surface area contributed by atoms with E-state index in [-0.39, 0.29) is 11.9 Å². The highest BCUT2D eigenvalue weighted by Gasteiger charge is 2.12. The molecule has 0 saturated carbocycles. The highest BCUT2D eigenvalue weighted by Crippen LogP contribution is 2.27. The van der Waals surface area contributed by atoms with Crippen LogP contribution in [0.4, 0.5) is 6.01 Å². The van der Waals surface area contributed by atoms with Crippen LogP contribution in [0.5, 0.6) is 11.5 Å². The molecule has 1 amide bonds. The second kappa shape index (κ2) is 9.52. The van der Waals surface area contributed by atoms with E-state index in [1.165, 1.54) is 0 Å². The average molecular weight is 365 g/mol. The lowest BCUT2D eigenvalue weighted by atomic mass is 10.1. The van der Waals surface area contributed by atoms with E-state index < -0.39 is 0 Å². The molecular weight excluding hydrogens is 342 g/mol. The summed E-state index contributed by atoms with van der Waals surface area (Å²) in [7, 11) is 0. The number of amides is 1. The van der Waals surface area contributed by atoms with Gasteiger partial charge in [0.05, 0.1) is 0 Å². The number of aromatic nitrogens is 2. The molecule has 1 aromatic heterocycles. The summed E-state index contributed by atoms with van der Waals surface area (Å²) in [5.74, 6) is 1.63. The number of unbranched alkanes of at least 4 members (excludes halogenated alkanes) is 3. The molecule has 0 atom stereocenters. The minimum Gasteiger partial charge on any atom is -0.457 e. The van der Waals surface area contributed by atoms with Gasteiger partial charge in [-0.3, -0.25) is 10.1 Å². The van der Waals surface area contributed by atoms with E-state index in [1.807, 2.05) is 54.6 Å². The Morgan fingerprint density at radius 2 is 1.81 bits per heavy atom. The first-order valence-electron chi connectivity index (χ1n) is 9.21. The molecule has 0 spiro atoms. The summed E-state index contributed by atoms with van der Waals surface area (Å²) < 4.78 is 11.4. The number of carbonyl (C=O) groups is 1. The molecular formula is C21H23N3O3. The van der Waals surface area contributed by atoms with Gasteiger partial charge in [0.25, 0.3) is 0 Å². The first-order chi connectivity index (χ1) is 13.2. The molecule has 6 heteroatoms. The molecule has 2 aromatic carbocycles. The molecule has 1 N–H and O–H groups in total. The first kappa shape index (κ1) is 18.6. The molecule has 3 rings (SSSR count). The third-order valence-corrected chi connectivity index (χ3v) is 3.99. The summed E-state index contributed by atoms with van der Waals surface area (Å²) in [6.45, 7) is 2.14. The summed E-state index contributed by atoms with van der Waals surface area (Å²) in [5, 5.41) is 10.6. The van der Waals surface area contributed by atoms with Gasteiger partial charge in [0.2, 0.25) is 11.8 Å². The SMILES string of the molecule is CCCCCCC(=O)Nc1nnc(-c2cccc(Oc3ccccc3)c2)o1. The molecule has 0 saturated heterocycles. The number of anilines is 1. The van der Waals surface area contributed by atoms with Crippen molar-refractivity contribution in [3.8, 4) is 23.0 Å². The van der Waals surface area contributed by atoms with Crippen LogP contribution in [0.3, 0.4) is 0 Å². The van der Waals surface area contributed by atoms with Gasteiger partial charge in [-0.15, -0.1) is 5.10 Å². The zero-order valence-corrected chi connectivity index (χ0v) is 15.4. The maximum absolute atomic E-state index is 11.9. The fourth-order valence-electron chi connectivity index (χ4n) is 2.60. The van der Waals surface area contributed by atoms with Gasteiger partial charge in [-0.05, 0) is 36.8 Å². The van der Waals surface area contributed by atoms with Crippen molar-refractivity contribution in [1.82, 2.24) is 10.2 Å². The summed E-state index contributed by atoms with van der Waals surface area (Å²) in [6.07, 6.45) is 4.64. The molecule has 140 valence electrons. The Kier molecular flexibility index (Phi) is 6.57. The van der Waals surface area contributed by atoms with Crippen molar-refractivity contribution in [3.05, 3.63) is 54.6 Å². The Labute approximate surface area is 158 Å². The number of carbonyl (C=O) groups excluding carboxylic acids is 1. The largest absolute Gasteiger partial charge is 0.457 e. The van der Waals surface area contributed by atoms with Gasteiger partial charge in [0.1, 0.15) is 11.5 Å².